The van der Waals surface area contributed by atoms with Gasteiger partial charge in [-0.2, -0.15) is 0 Å². The largest absolute Gasteiger partial charge is 0.423 e. The van der Waals surface area contributed by atoms with Crippen LogP contribution in [0.3, 0.4) is 0 Å². The van der Waals surface area contributed by atoms with E-state index in [9.17, 15) is 9.59 Å². The van der Waals surface area contributed by atoms with Crippen molar-refractivity contribution in [1.29, 1.82) is 0 Å². The van der Waals surface area contributed by atoms with Gasteiger partial charge in [0, 0.05) is 5.69 Å². The van der Waals surface area contributed by atoms with E-state index in [-0.39, 0.29) is 22.9 Å². The van der Waals surface area contributed by atoms with E-state index < -0.39 is 5.97 Å². The van der Waals surface area contributed by atoms with Gasteiger partial charge in [0.1, 0.15) is 5.75 Å². The van der Waals surface area contributed by atoms with Crippen LogP contribution in [0.15, 0.2) is 72.8 Å². The fourth-order valence-electron chi connectivity index (χ4n) is 2.60. The molecule has 0 saturated carbocycles. The molecule has 0 radical (unpaired) electrons. The van der Waals surface area contributed by atoms with Gasteiger partial charge < -0.3 is 10.1 Å². The molecule has 0 aliphatic heterocycles. The first kappa shape index (κ1) is 18.7. The van der Waals surface area contributed by atoms with Crippen LogP contribution in [0.4, 0.5) is 5.69 Å². The van der Waals surface area contributed by atoms with Gasteiger partial charge in [0.25, 0.3) is 0 Å². The van der Waals surface area contributed by atoms with Crippen molar-refractivity contribution in [1.82, 2.24) is 0 Å². The van der Waals surface area contributed by atoms with E-state index in [0.717, 1.165) is 11.1 Å². The molecule has 0 bridgehead atoms. The summed E-state index contributed by atoms with van der Waals surface area (Å²) >= 11 is 6.13. The lowest BCUT2D eigenvalue weighted by Crippen LogP contribution is -2.16. The van der Waals surface area contributed by atoms with Crippen molar-refractivity contribution in [2.75, 3.05) is 5.32 Å². The highest BCUT2D eigenvalue weighted by atomic mass is 35.5. The van der Waals surface area contributed by atoms with Crippen LogP contribution >= 0.6 is 11.6 Å². The third-order valence-electron chi connectivity index (χ3n) is 4.04. The highest BCUT2D eigenvalue weighted by Crippen LogP contribution is 2.23. The first-order valence-electron chi connectivity index (χ1n) is 8.44. The van der Waals surface area contributed by atoms with Crippen molar-refractivity contribution >= 4 is 29.2 Å². The van der Waals surface area contributed by atoms with E-state index in [1.54, 1.807) is 36.4 Å². The highest BCUT2D eigenvalue weighted by Gasteiger charge is 2.15. The zero-order chi connectivity index (χ0) is 19.2. The molecule has 0 atom stereocenters. The Morgan fingerprint density at radius 3 is 2.41 bits per heavy atom. The number of aryl methyl sites for hydroxylation is 1. The number of amides is 1. The summed E-state index contributed by atoms with van der Waals surface area (Å²) in [5.74, 6) is -0.331. The summed E-state index contributed by atoms with van der Waals surface area (Å²) in [6, 6.07) is 21.2. The number of nitrogens with one attached hydrogen (secondary N) is 1. The van der Waals surface area contributed by atoms with Crippen molar-refractivity contribution < 1.29 is 14.3 Å². The van der Waals surface area contributed by atoms with Crippen molar-refractivity contribution in [3.8, 4) is 5.75 Å². The number of carbonyl (C=O) groups is 2. The standard InChI is InChI=1S/C22H18ClNO3/c1-15-7-5-6-8-16(15)13-21(25)24-17-11-12-20(23)19(14-17)22(26)27-18-9-3-2-4-10-18/h2-12,14H,13H2,1H3,(H,24,25). The van der Waals surface area contributed by atoms with Gasteiger partial charge >= 0.3 is 5.97 Å². The van der Waals surface area contributed by atoms with Crippen LogP contribution < -0.4 is 10.1 Å². The second kappa shape index (κ2) is 8.52. The molecular weight excluding hydrogens is 362 g/mol. The molecule has 0 fully saturated rings. The molecule has 4 nitrogen and oxygen atoms in total. The summed E-state index contributed by atoms with van der Waals surface area (Å²) < 4.78 is 5.32. The van der Waals surface area contributed by atoms with Gasteiger partial charge in [-0.3, -0.25) is 4.79 Å². The summed E-state index contributed by atoms with van der Waals surface area (Å²) in [5, 5.41) is 3.06. The van der Waals surface area contributed by atoms with Crippen molar-refractivity contribution in [3.05, 3.63) is 94.5 Å². The summed E-state index contributed by atoms with van der Waals surface area (Å²) in [6.07, 6.45) is 0.249. The van der Waals surface area contributed by atoms with Crippen molar-refractivity contribution in [2.45, 2.75) is 13.3 Å². The molecule has 5 heteroatoms. The highest BCUT2D eigenvalue weighted by molar-refractivity contribution is 6.33. The van der Waals surface area contributed by atoms with E-state index in [0.29, 0.717) is 11.4 Å². The fourth-order valence-corrected chi connectivity index (χ4v) is 2.79. The number of rotatable bonds is 5. The molecule has 27 heavy (non-hydrogen) atoms. The number of halogens is 1. The molecule has 0 unspecified atom stereocenters. The second-order valence-corrected chi connectivity index (χ2v) is 6.46. The third-order valence-corrected chi connectivity index (χ3v) is 4.37. The molecule has 3 rings (SSSR count). The van der Waals surface area contributed by atoms with Gasteiger partial charge in [0.05, 0.1) is 17.0 Å². The molecular formula is C22H18ClNO3. The normalized spacial score (nSPS) is 10.3. The fraction of sp³-hybridized carbons (Fsp3) is 0.0909. The van der Waals surface area contributed by atoms with Gasteiger partial charge in [-0.25, -0.2) is 4.79 Å². The molecule has 1 amide bonds. The van der Waals surface area contributed by atoms with Crippen LogP contribution in [0.2, 0.25) is 5.02 Å². The van der Waals surface area contributed by atoms with E-state index >= 15 is 0 Å². The lowest BCUT2D eigenvalue weighted by atomic mass is 10.1. The third kappa shape index (κ3) is 4.96. The molecule has 0 saturated heterocycles. The van der Waals surface area contributed by atoms with Crippen molar-refractivity contribution in [3.63, 3.8) is 0 Å². The van der Waals surface area contributed by atoms with Crippen LogP contribution in [0.1, 0.15) is 21.5 Å². The Labute approximate surface area is 162 Å². The van der Waals surface area contributed by atoms with E-state index in [2.05, 4.69) is 5.32 Å². The number of hydrogen-bond acceptors (Lipinski definition) is 3. The lowest BCUT2D eigenvalue weighted by molar-refractivity contribution is -0.115. The second-order valence-electron chi connectivity index (χ2n) is 6.05. The van der Waals surface area contributed by atoms with Crippen LogP contribution in [0, 0.1) is 6.92 Å². The first-order chi connectivity index (χ1) is 13.0. The Morgan fingerprint density at radius 2 is 1.67 bits per heavy atom. The van der Waals surface area contributed by atoms with E-state index in [1.807, 2.05) is 37.3 Å². The topological polar surface area (TPSA) is 55.4 Å². The lowest BCUT2D eigenvalue weighted by Gasteiger charge is -2.10. The van der Waals surface area contributed by atoms with Gasteiger partial charge in [0.2, 0.25) is 5.91 Å². The summed E-state index contributed by atoms with van der Waals surface area (Å²) in [7, 11) is 0. The predicted octanol–water partition coefficient (Wildman–Crippen LogP) is 5.05. The van der Waals surface area contributed by atoms with Crippen LogP contribution in [-0.2, 0) is 11.2 Å². The quantitative estimate of drug-likeness (QED) is 0.498. The monoisotopic (exact) mass is 379 g/mol. The maximum atomic E-state index is 12.4. The van der Waals surface area contributed by atoms with Gasteiger partial charge in [-0.1, -0.05) is 54.1 Å². The number of carbonyl (C=O) groups excluding carboxylic acids is 2. The van der Waals surface area contributed by atoms with E-state index in [1.165, 1.54) is 6.07 Å². The Hall–Kier alpha value is -3.11. The smallest absolute Gasteiger partial charge is 0.345 e. The molecule has 0 heterocycles. The Balaban J connectivity index is 1.72. The Morgan fingerprint density at radius 1 is 0.963 bits per heavy atom. The molecule has 136 valence electrons. The van der Waals surface area contributed by atoms with E-state index in [4.69, 9.17) is 16.3 Å². The molecule has 3 aromatic rings. The van der Waals surface area contributed by atoms with Crippen molar-refractivity contribution in [2.24, 2.45) is 0 Å². The van der Waals surface area contributed by atoms with Gasteiger partial charge in [-0.05, 0) is 48.4 Å². The van der Waals surface area contributed by atoms with Gasteiger partial charge in [-0.15, -0.1) is 0 Å². The van der Waals surface area contributed by atoms with Crippen LogP contribution in [-0.4, -0.2) is 11.9 Å². The zero-order valence-electron chi connectivity index (χ0n) is 14.7. The van der Waals surface area contributed by atoms with Crippen LogP contribution in [0.25, 0.3) is 0 Å². The minimum atomic E-state index is -0.582. The number of para-hydroxylation sites is 1. The number of anilines is 1. The minimum Gasteiger partial charge on any atom is -0.423 e. The Kier molecular flexibility index (Phi) is 5.89. The number of benzene rings is 3. The average Bonchev–Trinajstić information content (AvgIpc) is 2.66. The molecule has 0 aromatic heterocycles. The number of hydrogen-bond donors (Lipinski definition) is 1. The summed E-state index contributed by atoms with van der Waals surface area (Å²) in [6.45, 7) is 1.96. The summed E-state index contributed by atoms with van der Waals surface area (Å²) in [5.41, 5.74) is 2.68. The number of esters is 1. The molecule has 3 aromatic carbocycles. The zero-order valence-corrected chi connectivity index (χ0v) is 15.5. The summed E-state index contributed by atoms with van der Waals surface area (Å²) in [4.78, 5) is 24.7. The maximum Gasteiger partial charge on any atom is 0.345 e. The molecule has 1 N–H and O–H groups in total. The van der Waals surface area contributed by atoms with Gasteiger partial charge in [0.15, 0.2) is 0 Å². The molecule has 0 aliphatic rings. The minimum absolute atomic E-state index is 0.172. The number of ether oxygens (including phenoxy) is 1. The predicted molar refractivity (Wildman–Crippen MR) is 106 cm³/mol. The maximum absolute atomic E-state index is 12.4. The van der Waals surface area contributed by atoms with Crippen LogP contribution in [0.5, 0.6) is 5.75 Å². The average molecular weight is 380 g/mol. The molecule has 0 aliphatic carbocycles. The Bertz CT molecular complexity index is 970. The SMILES string of the molecule is Cc1ccccc1CC(=O)Nc1ccc(Cl)c(C(=O)Oc2ccccc2)c1. The molecule has 0 spiro atoms. The first-order valence-corrected chi connectivity index (χ1v) is 8.82.